The second kappa shape index (κ2) is 4.37. The molecule has 1 aromatic heterocycles. The Bertz CT molecular complexity index is 583. The lowest BCUT2D eigenvalue weighted by Crippen LogP contribution is -2.08. The van der Waals surface area contributed by atoms with Crippen LogP contribution in [0.15, 0.2) is 42.7 Å². The van der Waals surface area contributed by atoms with Gasteiger partial charge < -0.3 is 14.2 Å². The number of nitrogens with zero attached hydrogens (tertiary/aromatic N) is 1. The van der Waals surface area contributed by atoms with Gasteiger partial charge in [0.1, 0.15) is 5.75 Å². The second-order valence-corrected chi connectivity index (χ2v) is 3.64. The molecule has 2 heterocycles. The molecular weight excluding hydrogens is 234 g/mol. The highest BCUT2D eigenvalue weighted by molar-refractivity contribution is 5.90. The predicted octanol–water partition coefficient (Wildman–Crippen LogP) is 2.03. The summed E-state index contributed by atoms with van der Waals surface area (Å²) in [5.74, 6) is 1.21. The number of hydrogen-bond donors (Lipinski definition) is 0. The lowest BCUT2D eigenvalue weighted by molar-refractivity contribution is 0.0734. The maximum Gasteiger partial charge on any atom is 0.343 e. The van der Waals surface area contributed by atoms with Crippen molar-refractivity contribution in [3.05, 3.63) is 48.3 Å². The van der Waals surface area contributed by atoms with Crippen molar-refractivity contribution in [3.63, 3.8) is 0 Å². The van der Waals surface area contributed by atoms with E-state index >= 15 is 0 Å². The van der Waals surface area contributed by atoms with Crippen LogP contribution in [0.4, 0.5) is 0 Å². The van der Waals surface area contributed by atoms with Gasteiger partial charge in [-0.1, -0.05) is 0 Å². The first-order valence-corrected chi connectivity index (χ1v) is 5.35. The van der Waals surface area contributed by atoms with E-state index in [1.165, 1.54) is 12.4 Å². The number of carbonyl (C=O) groups excluding carboxylic acids is 1. The zero-order valence-electron chi connectivity index (χ0n) is 9.33. The molecule has 0 aliphatic carbocycles. The summed E-state index contributed by atoms with van der Waals surface area (Å²) in [7, 11) is 0. The van der Waals surface area contributed by atoms with E-state index in [1.807, 2.05) is 0 Å². The highest BCUT2D eigenvalue weighted by Gasteiger charge is 2.15. The molecule has 1 aromatic carbocycles. The van der Waals surface area contributed by atoms with E-state index in [-0.39, 0.29) is 6.79 Å². The third kappa shape index (κ3) is 1.98. The number of fused-ring (bicyclic) bond motifs is 1. The van der Waals surface area contributed by atoms with Crippen LogP contribution in [0.1, 0.15) is 10.4 Å². The fourth-order valence-electron chi connectivity index (χ4n) is 1.59. The summed E-state index contributed by atoms with van der Waals surface area (Å²) in [4.78, 5) is 15.6. The van der Waals surface area contributed by atoms with Crippen LogP contribution in [0.2, 0.25) is 0 Å². The maximum absolute atomic E-state index is 11.8. The van der Waals surface area contributed by atoms with E-state index in [0.29, 0.717) is 22.8 Å². The first-order valence-electron chi connectivity index (χ1n) is 5.35. The molecule has 0 unspecified atom stereocenters. The van der Waals surface area contributed by atoms with Gasteiger partial charge in [-0.2, -0.15) is 0 Å². The molecular formula is C13H9NO4. The van der Waals surface area contributed by atoms with Gasteiger partial charge in [-0.3, -0.25) is 4.98 Å². The van der Waals surface area contributed by atoms with Crippen molar-refractivity contribution in [1.29, 1.82) is 0 Å². The van der Waals surface area contributed by atoms with Gasteiger partial charge in [-0.15, -0.1) is 0 Å². The molecule has 0 N–H and O–H groups in total. The lowest BCUT2D eigenvalue weighted by atomic mass is 10.2. The third-order valence-corrected chi connectivity index (χ3v) is 2.47. The van der Waals surface area contributed by atoms with Gasteiger partial charge >= 0.3 is 5.97 Å². The molecule has 5 nitrogen and oxygen atoms in total. The molecule has 1 aliphatic heterocycles. The summed E-state index contributed by atoms with van der Waals surface area (Å²) in [5, 5.41) is 0. The first-order chi connectivity index (χ1) is 8.83. The van der Waals surface area contributed by atoms with Crippen LogP contribution < -0.4 is 14.2 Å². The minimum Gasteiger partial charge on any atom is -0.454 e. The minimum absolute atomic E-state index is 0.192. The number of benzene rings is 1. The number of hydrogen-bond acceptors (Lipinski definition) is 5. The van der Waals surface area contributed by atoms with E-state index in [9.17, 15) is 4.79 Å². The highest BCUT2D eigenvalue weighted by atomic mass is 16.7. The molecule has 0 amide bonds. The summed E-state index contributed by atoms with van der Waals surface area (Å²) in [6.07, 6.45) is 3.08. The Morgan fingerprint density at radius 1 is 1.11 bits per heavy atom. The number of carbonyl (C=O) groups is 1. The minimum atomic E-state index is -0.434. The van der Waals surface area contributed by atoms with E-state index in [0.717, 1.165) is 0 Å². The predicted molar refractivity (Wildman–Crippen MR) is 61.8 cm³/mol. The standard InChI is InChI=1S/C13H9NO4/c15-13(9-3-5-14-6-4-9)18-10-1-2-11-12(7-10)17-8-16-11/h1-7H,8H2. The lowest BCUT2D eigenvalue weighted by Gasteiger charge is -2.04. The van der Waals surface area contributed by atoms with Crippen LogP contribution in [0.25, 0.3) is 0 Å². The Morgan fingerprint density at radius 3 is 2.72 bits per heavy atom. The van der Waals surface area contributed by atoms with E-state index in [2.05, 4.69) is 4.98 Å². The van der Waals surface area contributed by atoms with Crippen LogP contribution >= 0.6 is 0 Å². The largest absolute Gasteiger partial charge is 0.454 e. The van der Waals surface area contributed by atoms with Crippen molar-refractivity contribution >= 4 is 5.97 Å². The number of aromatic nitrogens is 1. The Labute approximate surface area is 103 Å². The number of pyridine rings is 1. The van der Waals surface area contributed by atoms with Crippen LogP contribution in [0.3, 0.4) is 0 Å². The first kappa shape index (κ1) is 10.6. The molecule has 0 fully saturated rings. The average molecular weight is 243 g/mol. The topological polar surface area (TPSA) is 57.7 Å². The van der Waals surface area contributed by atoms with Crippen LogP contribution in [-0.4, -0.2) is 17.7 Å². The number of esters is 1. The summed E-state index contributed by atoms with van der Waals surface area (Å²) in [5.41, 5.74) is 0.447. The van der Waals surface area contributed by atoms with Gasteiger partial charge in [0.15, 0.2) is 11.5 Å². The molecule has 0 saturated carbocycles. The van der Waals surface area contributed by atoms with Gasteiger partial charge in [0.05, 0.1) is 5.56 Å². The van der Waals surface area contributed by atoms with Gasteiger partial charge in [0.25, 0.3) is 0 Å². The zero-order chi connectivity index (χ0) is 12.4. The zero-order valence-corrected chi connectivity index (χ0v) is 9.33. The quantitative estimate of drug-likeness (QED) is 0.596. The van der Waals surface area contributed by atoms with Crippen molar-refractivity contribution in [1.82, 2.24) is 4.98 Å². The van der Waals surface area contributed by atoms with Gasteiger partial charge in [0, 0.05) is 18.5 Å². The fourth-order valence-corrected chi connectivity index (χ4v) is 1.59. The highest BCUT2D eigenvalue weighted by Crippen LogP contribution is 2.35. The molecule has 0 atom stereocenters. The van der Waals surface area contributed by atoms with Gasteiger partial charge in [-0.05, 0) is 24.3 Å². The Balaban J connectivity index is 1.79. The fraction of sp³-hybridized carbons (Fsp3) is 0.0769. The molecule has 18 heavy (non-hydrogen) atoms. The smallest absolute Gasteiger partial charge is 0.343 e. The average Bonchev–Trinajstić information content (AvgIpc) is 2.87. The molecule has 90 valence electrons. The molecule has 0 spiro atoms. The molecule has 0 radical (unpaired) electrons. The van der Waals surface area contributed by atoms with E-state index < -0.39 is 5.97 Å². The maximum atomic E-state index is 11.8. The molecule has 0 bridgehead atoms. The van der Waals surface area contributed by atoms with Crippen molar-refractivity contribution in [2.24, 2.45) is 0 Å². The van der Waals surface area contributed by atoms with Gasteiger partial charge in [0.2, 0.25) is 6.79 Å². The number of ether oxygens (including phenoxy) is 3. The van der Waals surface area contributed by atoms with Crippen LogP contribution in [-0.2, 0) is 0 Å². The molecule has 5 heteroatoms. The summed E-state index contributed by atoms with van der Waals surface area (Å²) >= 11 is 0. The second-order valence-electron chi connectivity index (χ2n) is 3.64. The normalized spacial score (nSPS) is 12.2. The van der Waals surface area contributed by atoms with Crippen LogP contribution in [0, 0.1) is 0 Å². The molecule has 1 aliphatic rings. The van der Waals surface area contributed by atoms with Crippen molar-refractivity contribution < 1.29 is 19.0 Å². The van der Waals surface area contributed by atoms with E-state index in [1.54, 1.807) is 30.3 Å². The Hall–Kier alpha value is -2.56. The molecule has 2 aromatic rings. The van der Waals surface area contributed by atoms with Crippen molar-refractivity contribution in [2.45, 2.75) is 0 Å². The molecule has 0 saturated heterocycles. The summed E-state index contributed by atoms with van der Waals surface area (Å²) in [6.45, 7) is 0.192. The van der Waals surface area contributed by atoms with Crippen molar-refractivity contribution in [2.75, 3.05) is 6.79 Å². The Kier molecular flexibility index (Phi) is 2.57. The monoisotopic (exact) mass is 243 g/mol. The van der Waals surface area contributed by atoms with E-state index in [4.69, 9.17) is 14.2 Å². The molecule has 3 rings (SSSR count). The Morgan fingerprint density at radius 2 is 1.89 bits per heavy atom. The summed E-state index contributed by atoms with van der Waals surface area (Å²) in [6, 6.07) is 8.18. The third-order valence-electron chi connectivity index (χ3n) is 2.47. The van der Waals surface area contributed by atoms with Crippen molar-refractivity contribution in [3.8, 4) is 17.2 Å². The number of rotatable bonds is 2. The summed E-state index contributed by atoms with van der Waals surface area (Å²) < 4.78 is 15.6. The van der Waals surface area contributed by atoms with Gasteiger partial charge in [-0.25, -0.2) is 4.79 Å². The SMILES string of the molecule is O=C(Oc1ccc2c(c1)OCO2)c1ccncc1. The van der Waals surface area contributed by atoms with Crippen LogP contribution in [0.5, 0.6) is 17.2 Å².